The Kier molecular flexibility index (Phi) is 3.70. The van der Waals surface area contributed by atoms with Gasteiger partial charge in [-0.05, 0) is 0 Å². The second-order valence-corrected chi connectivity index (χ2v) is 4.39. The quantitative estimate of drug-likeness (QED) is 0.351. The van der Waals surface area contributed by atoms with Crippen molar-refractivity contribution >= 4 is 26.5 Å². The molecule has 0 atom stereocenters. The van der Waals surface area contributed by atoms with Gasteiger partial charge >= 0.3 is 103 Å². The Balaban J connectivity index is 2.06. The van der Waals surface area contributed by atoms with Crippen LogP contribution in [0.25, 0.3) is 0 Å². The van der Waals surface area contributed by atoms with Crippen LogP contribution >= 0.6 is 0 Å². The minimum atomic E-state index is 0.828. The Labute approximate surface area is 103 Å². The average Bonchev–Trinajstić information content (AvgIpc) is 2.25. The third-order valence-electron chi connectivity index (χ3n) is 2.45. The molecule has 1 aliphatic heterocycles. The van der Waals surface area contributed by atoms with E-state index in [-0.39, 0.29) is 0 Å². The van der Waals surface area contributed by atoms with E-state index in [1.807, 2.05) is 25.1 Å². The van der Waals surface area contributed by atoms with Crippen LogP contribution < -0.4 is 0 Å². The van der Waals surface area contributed by atoms with Gasteiger partial charge in [0.2, 0.25) is 0 Å². The number of hydrogen-bond acceptors (Lipinski definition) is 3. The molecule has 0 N–H and O–H groups in total. The molecule has 2 heterocycles. The van der Waals surface area contributed by atoms with Crippen LogP contribution in [0.1, 0.15) is 19.0 Å². The number of rotatable bonds is 2. The normalized spacial score (nSPS) is 17.2. The number of aromatic nitrogens is 1. The van der Waals surface area contributed by atoms with Crippen LogP contribution in [-0.4, -0.2) is 49.4 Å². The molecule has 1 radical (unpaired) electrons. The summed E-state index contributed by atoms with van der Waals surface area (Å²) in [6.07, 6.45) is 3.00. The molecule has 0 aromatic carbocycles. The van der Waals surface area contributed by atoms with E-state index in [0.717, 1.165) is 29.2 Å². The Morgan fingerprint density at radius 2 is 2.19 bits per heavy atom. The molecule has 0 saturated carbocycles. The van der Waals surface area contributed by atoms with Gasteiger partial charge in [0.25, 0.3) is 0 Å². The Bertz CT molecular complexity index is 409. The van der Waals surface area contributed by atoms with Crippen LogP contribution in [0.5, 0.6) is 0 Å². The molecule has 0 spiro atoms. The van der Waals surface area contributed by atoms with Crippen LogP contribution in [0.2, 0.25) is 0 Å². The van der Waals surface area contributed by atoms with Crippen molar-refractivity contribution in [3.8, 4) is 0 Å². The van der Waals surface area contributed by atoms with Gasteiger partial charge < -0.3 is 0 Å². The maximum atomic E-state index is 4.21. The zero-order valence-corrected chi connectivity index (χ0v) is 10.8. The molecule has 0 bridgehead atoms. The van der Waals surface area contributed by atoms with Crippen molar-refractivity contribution in [1.82, 2.24) is 9.88 Å². The van der Waals surface area contributed by atoms with Crippen LogP contribution in [0.4, 0.5) is 0 Å². The van der Waals surface area contributed by atoms with Gasteiger partial charge in [-0.25, -0.2) is 0 Å². The molecule has 0 aliphatic carbocycles. The van der Waals surface area contributed by atoms with E-state index in [0.29, 0.717) is 0 Å². The van der Waals surface area contributed by atoms with Crippen molar-refractivity contribution in [2.45, 2.75) is 13.3 Å². The molecule has 0 unspecified atom stereocenters. The molecule has 83 valence electrons. The van der Waals surface area contributed by atoms with Gasteiger partial charge in [0, 0.05) is 0 Å². The number of hydrogen-bond donors (Lipinski definition) is 0. The SMILES string of the molecule is C/C(=N\N=C(/[Se])N1CCC1)c1ccccn1. The van der Waals surface area contributed by atoms with E-state index in [1.165, 1.54) is 6.42 Å². The maximum absolute atomic E-state index is 4.21. The van der Waals surface area contributed by atoms with E-state index in [4.69, 9.17) is 0 Å². The first-order chi connectivity index (χ1) is 7.77. The van der Waals surface area contributed by atoms with Crippen LogP contribution in [-0.2, 0) is 0 Å². The Morgan fingerprint density at radius 3 is 2.75 bits per heavy atom. The summed E-state index contributed by atoms with van der Waals surface area (Å²) in [5.41, 5.74) is 1.69. The summed E-state index contributed by atoms with van der Waals surface area (Å²) >= 11 is 2.93. The molecule has 16 heavy (non-hydrogen) atoms. The molecule has 1 aromatic rings. The number of nitrogens with zero attached hydrogens (tertiary/aromatic N) is 4. The predicted molar refractivity (Wildman–Crippen MR) is 65.8 cm³/mol. The van der Waals surface area contributed by atoms with E-state index in [2.05, 4.69) is 36.1 Å². The molecule has 5 heteroatoms. The summed E-state index contributed by atoms with van der Waals surface area (Å²) in [6, 6.07) is 5.76. The fourth-order valence-electron chi connectivity index (χ4n) is 1.32. The summed E-state index contributed by atoms with van der Waals surface area (Å²) in [5, 5.41) is 8.32. The first-order valence-electron chi connectivity index (χ1n) is 5.23. The first-order valence-corrected chi connectivity index (χ1v) is 6.08. The van der Waals surface area contributed by atoms with Crippen LogP contribution in [0, 0.1) is 0 Å². The van der Waals surface area contributed by atoms with Gasteiger partial charge in [-0.15, -0.1) is 0 Å². The number of likely N-dealkylation sites (tertiary alicyclic amines) is 1. The van der Waals surface area contributed by atoms with Gasteiger partial charge in [-0.1, -0.05) is 0 Å². The Morgan fingerprint density at radius 1 is 1.38 bits per heavy atom. The van der Waals surface area contributed by atoms with Crippen LogP contribution in [0.3, 0.4) is 0 Å². The monoisotopic (exact) mass is 281 g/mol. The zero-order valence-electron chi connectivity index (χ0n) is 9.13. The molecule has 4 nitrogen and oxygen atoms in total. The van der Waals surface area contributed by atoms with Crippen molar-refractivity contribution in [3.05, 3.63) is 30.1 Å². The van der Waals surface area contributed by atoms with Crippen molar-refractivity contribution in [2.24, 2.45) is 10.2 Å². The average molecular weight is 280 g/mol. The molecule has 1 fully saturated rings. The first kappa shape index (κ1) is 11.3. The molecule has 1 saturated heterocycles. The Hall–Kier alpha value is -1.19. The van der Waals surface area contributed by atoms with Gasteiger partial charge in [0.1, 0.15) is 0 Å². The predicted octanol–water partition coefficient (Wildman–Crippen LogP) is 1.04. The molecular weight excluding hydrogens is 267 g/mol. The molecule has 0 amide bonds. The zero-order chi connectivity index (χ0) is 11.4. The van der Waals surface area contributed by atoms with Crippen molar-refractivity contribution < 1.29 is 0 Å². The molecule has 1 aliphatic rings. The summed E-state index contributed by atoms with van der Waals surface area (Å²) in [4.78, 5) is 6.37. The summed E-state index contributed by atoms with van der Waals surface area (Å²) in [5.74, 6) is 0. The third kappa shape index (κ3) is 2.68. The van der Waals surface area contributed by atoms with E-state index < -0.39 is 0 Å². The van der Waals surface area contributed by atoms with Gasteiger partial charge in [0.05, 0.1) is 0 Å². The second-order valence-electron chi connectivity index (χ2n) is 3.62. The summed E-state index contributed by atoms with van der Waals surface area (Å²) in [7, 11) is 0. The minimum absolute atomic E-state index is 0.828. The topological polar surface area (TPSA) is 40.9 Å². The van der Waals surface area contributed by atoms with Gasteiger partial charge in [-0.2, -0.15) is 0 Å². The number of amidine groups is 1. The van der Waals surface area contributed by atoms with E-state index in [1.54, 1.807) is 6.20 Å². The van der Waals surface area contributed by atoms with Crippen molar-refractivity contribution in [2.75, 3.05) is 13.1 Å². The summed E-state index contributed by atoms with van der Waals surface area (Å²) in [6.45, 7) is 4.06. The number of pyridine rings is 1. The van der Waals surface area contributed by atoms with Crippen molar-refractivity contribution in [3.63, 3.8) is 0 Å². The van der Waals surface area contributed by atoms with Crippen LogP contribution in [0.15, 0.2) is 34.6 Å². The second kappa shape index (κ2) is 5.23. The standard InChI is InChI=1S/C11H13N4Se/c1-9(10-5-2-3-6-12-10)13-14-11(16)15-7-4-8-15/h2-3,5-6H,4,7-8H2,1H3/b13-9+,14-11-. The fraction of sp³-hybridized carbons (Fsp3) is 0.364. The molecule has 2 rings (SSSR count). The van der Waals surface area contributed by atoms with Gasteiger partial charge in [-0.3, -0.25) is 0 Å². The third-order valence-corrected chi connectivity index (χ3v) is 3.16. The van der Waals surface area contributed by atoms with Crippen molar-refractivity contribution in [1.29, 1.82) is 0 Å². The molecular formula is C11H13N4Se. The molecule has 1 aromatic heterocycles. The van der Waals surface area contributed by atoms with E-state index in [9.17, 15) is 0 Å². The summed E-state index contributed by atoms with van der Waals surface area (Å²) < 4.78 is 0.863. The van der Waals surface area contributed by atoms with Gasteiger partial charge in [0.15, 0.2) is 0 Å². The fourth-order valence-corrected chi connectivity index (χ4v) is 1.79. The van der Waals surface area contributed by atoms with E-state index >= 15 is 0 Å².